The van der Waals surface area contributed by atoms with Gasteiger partial charge in [-0.3, -0.25) is 4.21 Å². The lowest BCUT2D eigenvalue weighted by molar-refractivity contribution is 0.536. The van der Waals surface area contributed by atoms with Crippen molar-refractivity contribution in [2.45, 2.75) is 5.75 Å². The molecular weight excluding hydrogens is 219 g/mol. The lowest BCUT2D eigenvalue weighted by atomic mass is 10.2. The van der Waals surface area contributed by atoms with Crippen LogP contribution in [0.5, 0.6) is 0 Å². The molecule has 0 saturated carbocycles. The zero-order valence-corrected chi connectivity index (χ0v) is 8.25. The van der Waals surface area contributed by atoms with E-state index < -0.39 is 11.1 Å². The molecule has 0 aliphatic rings. The number of hydrogen-bond donors (Lipinski definition) is 0. The van der Waals surface area contributed by atoms with Crippen LogP contribution in [0.15, 0.2) is 18.2 Å². The Morgan fingerprint density at radius 1 is 1.33 bits per heavy atom. The van der Waals surface area contributed by atoms with Crippen molar-refractivity contribution in [2.75, 3.05) is 0 Å². The average Bonchev–Trinajstić information content (AvgIpc) is 1.96. The van der Waals surface area contributed by atoms with Gasteiger partial charge in [-0.05, 0) is 17.7 Å². The van der Waals surface area contributed by atoms with Crippen LogP contribution < -0.4 is 0 Å². The molecule has 1 aromatic rings. The molecule has 5 heteroatoms. The van der Waals surface area contributed by atoms with Gasteiger partial charge < -0.3 is 4.55 Å². The average molecular weight is 224 g/mol. The Morgan fingerprint density at radius 3 is 2.50 bits per heavy atom. The molecule has 12 heavy (non-hydrogen) atoms. The first-order valence-electron chi connectivity index (χ1n) is 3.09. The summed E-state index contributed by atoms with van der Waals surface area (Å²) in [6, 6.07) is 4.75. The largest absolute Gasteiger partial charge is 0.772 e. The highest BCUT2D eigenvalue weighted by atomic mass is 35.5. The summed E-state index contributed by atoms with van der Waals surface area (Å²) in [5.41, 5.74) is 0.637. The second-order valence-electron chi connectivity index (χ2n) is 2.20. The fraction of sp³-hybridized carbons (Fsp3) is 0.143. The van der Waals surface area contributed by atoms with E-state index in [1.165, 1.54) is 0 Å². The molecule has 0 fully saturated rings. The zero-order valence-electron chi connectivity index (χ0n) is 5.92. The van der Waals surface area contributed by atoms with Gasteiger partial charge in [0.15, 0.2) is 0 Å². The molecular formula is C7H5Cl2O2S-. The highest BCUT2D eigenvalue weighted by Gasteiger charge is 1.98. The number of rotatable bonds is 2. The Balaban J connectivity index is 2.89. The second kappa shape index (κ2) is 4.23. The summed E-state index contributed by atoms with van der Waals surface area (Å²) in [6.45, 7) is 0. The van der Waals surface area contributed by atoms with Gasteiger partial charge in [0.05, 0.1) is 10.0 Å². The summed E-state index contributed by atoms with van der Waals surface area (Å²) in [6.07, 6.45) is 0. The van der Waals surface area contributed by atoms with Crippen molar-refractivity contribution in [1.82, 2.24) is 0 Å². The van der Waals surface area contributed by atoms with Crippen LogP contribution in [0.1, 0.15) is 5.56 Å². The molecule has 1 atom stereocenters. The lowest BCUT2D eigenvalue weighted by Crippen LogP contribution is -1.92. The maximum absolute atomic E-state index is 10.3. The molecule has 0 bridgehead atoms. The fourth-order valence-electron chi connectivity index (χ4n) is 0.766. The van der Waals surface area contributed by atoms with Gasteiger partial charge in [0.2, 0.25) is 0 Å². The maximum Gasteiger partial charge on any atom is 0.0595 e. The molecule has 0 N–H and O–H groups in total. The van der Waals surface area contributed by atoms with Crippen LogP contribution in [-0.2, 0) is 16.8 Å². The maximum atomic E-state index is 10.3. The number of hydrogen-bond acceptors (Lipinski definition) is 2. The molecule has 0 aliphatic heterocycles. The van der Waals surface area contributed by atoms with Crippen molar-refractivity contribution in [2.24, 2.45) is 0 Å². The molecule has 0 spiro atoms. The van der Waals surface area contributed by atoms with Crippen LogP contribution in [0.25, 0.3) is 0 Å². The van der Waals surface area contributed by atoms with E-state index in [2.05, 4.69) is 0 Å². The van der Waals surface area contributed by atoms with Crippen molar-refractivity contribution >= 4 is 34.3 Å². The van der Waals surface area contributed by atoms with Gasteiger partial charge in [-0.2, -0.15) is 0 Å². The van der Waals surface area contributed by atoms with Crippen molar-refractivity contribution in [3.8, 4) is 0 Å². The van der Waals surface area contributed by atoms with Crippen LogP contribution in [0.2, 0.25) is 10.0 Å². The Morgan fingerprint density at radius 2 is 2.00 bits per heavy atom. The summed E-state index contributed by atoms with van der Waals surface area (Å²) in [5.74, 6) is -0.0309. The molecule has 1 aromatic carbocycles. The van der Waals surface area contributed by atoms with E-state index in [9.17, 15) is 8.76 Å². The predicted molar refractivity (Wildman–Crippen MR) is 49.1 cm³/mol. The predicted octanol–water partition coefficient (Wildman–Crippen LogP) is 2.37. The summed E-state index contributed by atoms with van der Waals surface area (Å²) in [5, 5.41) is 0.803. The molecule has 0 saturated heterocycles. The van der Waals surface area contributed by atoms with E-state index in [1.54, 1.807) is 18.2 Å². The Labute approximate surface area is 82.8 Å². The summed E-state index contributed by atoms with van der Waals surface area (Å²) in [4.78, 5) is 0. The molecule has 0 aromatic heterocycles. The van der Waals surface area contributed by atoms with Gasteiger partial charge >= 0.3 is 0 Å². The standard InChI is InChI=1S/C7H6Cl2O2S/c8-6-2-1-5(3-7(6)9)4-12(10)11/h1-3H,4H2,(H,10,11)/p-1. The van der Waals surface area contributed by atoms with Gasteiger partial charge in [0, 0.05) is 5.75 Å². The van der Waals surface area contributed by atoms with Gasteiger partial charge in [-0.15, -0.1) is 0 Å². The smallest absolute Gasteiger partial charge is 0.0595 e. The topological polar surface area (TPSA) is 40.1 Å². The molecule has 1 rings (SSSR count). The van der Waals surface area contributed by atoms with E-state index in [0.29, 0.717) is 15.6 Å². The number of halogens is 2. The van der Waals surface area contributed by atoms with E-state index in [4.69, 9.17) is 23.2 Å². The molecule has 0 heterocycles. The third-order valence-electron chi connectivity index (χ3n) is 1.27. The first kappa shape index (κ1) is 9.99. The molecule has 0 radical (unpaired) electrons. The fourth-order valence-corrected chi connectivity index (χ4v) is 1.54. The molecule has 1 unspecified atom stereocenters. The van der Waals surface area contributed by atoms with Crippen LogP contribution in [0, 0.1) is 0 Å². The first-order valence-corrected chi connectivity index (χ1v) is 5.09. The van der Waals surface area contributed by atoms with E-state index in [-0.39, 0.29) is 5.75 Å². The van der Waals surface area contributed by atoms with Crippen molar-refractivity contribution in [1.29, 1.82) is 0 Å². The van der Waals surface area contributed by atoms with Crippen LogP contribution in [0.4, 0.5) is 0 Å². The SMILES string of the molecule is O=S([O-])Cc1ccc(Cl)c(Cl)c1. The monoisotopic (exact) mass is 223 g/mol. The highest BCUT2D eigenvalue weighted by Crippen LogP contribution is 2.22. The van der Waals surface area contributed by atoms with Crippen molar-refractivity contribution in [3.63, 3.8) is 0 Å². The summed E-state index contributed by atoms with van der Waals surface area (Å²) >= 11 is 9.21. The van der Waals surface area contributed by atoms with E-state index in [0.717, 1.165) is 0 Å². The van der Waals surface area contributed by atoms with Gasteiger partial charge in [-0.25, -0.2) is 0 Å². The third-order valence-corrected chi connectivity index (χ3v) is 2.58. The van der Waals surface area contributed by atoms with Gasteiger partial charge in [-0.1, -0.05) is 40.3 Å². The Bertz CT molecular complexity index is 314. The van der Waals surface area contributed by atoms with Gasteiger partial charge in [0.25, 0.3) is 0 Å². The van der Waals surface area contributed by atoms with Crippen molar-refractivity contribution < 1.29 is 8.76 Å². The van der Waals surface area contributed by atoms with Crippen LogP contribution in [-0.4, -0.2) is 8.76 Å². The molecule has 0 amide bonds. The highest BCUT2D eigenvalue weighted by molar-refractivity contribution is 7.78. The first-order chi connectivity index (χ1) is 5.59. The normalized spacial score (nSPS) is 12.9. The Hall–Kier alpha value is -0.0900. The quantitative estimate of drug-likeness (QED) is 0.723. The summed E-state index contributed by atoms with van der Waals surface area (Å²) < 4.78 is 20.6. The minimum Gasteiger partial charge on any atom is -0.772 e. The van der Waals surface area contributed by atoms with Crippen LogP contribution >= 0.6 is 23.2 Å². The minimum atomic E-state index is -2.08. The Kier molecular flexibility index (Phi) is 3.53. The van der Waals surface area contributed by atoms with E-state index >= 15 is 0 Å². The third kappa shape index (κ3) is 2.75. The summed E-state index contributed by atoms with van der Waals surface area (Å²) in [7, 11) is 0. The van der Waals surface area contributed by atoms with E-state index in [1.807, 2.05) is 0 Å². The number of benzene rings is 1. The second-order valence-corrected chi connectivity index (χ2v) is 3.91. The van der Waals surface area contributed by atoms with Crippen molar-refractivity contribution in [3.05, 3.63) is 33.8 Å². The van der Waals surface area contributed by atoms with Crippen LogP contribution in [0.3, 0.4) is 0 Å². The minimum absolute atomic E-state index is 0.0309. The van der Waals surface area contributed by atoms with Gasteiger partial charge in [0.1, 0.15) is 0 Å². The molecule has 66 valence electrons. The molecule has 2 nitrogen and oxygen atoms in total. The lowest BCUT2D eigenvalue weighted by Gasteiger charge is -2.05. The molecule has 0 aliphatic carbocycles. The zero-order chi connectivity index (χ0) is 9.14.